The van der Waals surface area contributed by atoms with E-state index in [9.17, 15) is 9.59 Å². The van der Waals surface area contributed by atoms with Crippen LogP contribution in [0.3, 0.4) is 0 Å². The Bertz CT molecular complexity index is 1600. The zero-order valence-electron chi connectivity index (χ0n) is 19.5. The Morgan fingerprint density at radius 2 is 1.81 bits per heavy atom. The van der Waals surface area contributed by atoms with Crippen LogP contribution in [0.25, 0.3) is 33.7 Å². The van der Waals surface area contributed by atoms with Gasteiger partial charge in [-0.05, 0) is 36.8 Å². The number of carbonyl (C=O) groups excluding carboxylic acids is 2. The molecule has 7 nitrogen and oxygen atoms in total. The lowest BCUT2D eigenvalue weighted by molar-refractivity contribution is -0.124. The molecule has 2 heterocycles. The third kappa shape index (κ3) is 5.51. The Labute approximate surface area is 226 Å². The Hall–Kier alpha value is -3.72. The van der Waals surface area contributed by atoms with Crippen LogP contribution in [0.4, 0.5) is 5.13 Å². The molecule has 3 aromatic carbocycles. The number of nitrogens with one attached hydrogen (secondary N) is 2. The van der Waals surface area contributed by atoms with Crippen molar-refractivity contribution in [3.8, 4) is 22.6 Å². The van der Waals surface area contributed by atoms with E-state index in [1.165, 1.54) is 11.3 Å². The highest BCUT2D eigenvalue weighted by Crippen LogP contribution is 2.30. The van der Waals surface area contributed by atoms with Gasteiger partial charge in [-0.3, -0.25) is 10.1 Å². The Morgan fingerprint density at radius 3 is 2.57 bits per heavy atom. The number of H-pyrrole nitrogens is 1. The normalized spacial score (nSPS) is 11.9. The predicted octanol–water partition coefficient (Wildman–Crippen LogP) is 7.23. The number of carbonyl (C=O) groups is 2. The summed E-state index contributed by atoms with van der Waals surface area (Å²) in [7, 11) is 0. The third-order valence-electron chi connectivity index (χ3n) is 5.63. The fourth-order valence-corrected chi connectivity index (χ4v) is 4.71. The number of anilines is 1. The van der Waals surface area contributed by atoms with E-state index in [0.29, 0.717) is 44.2 Å². The molecule has 37 heavy (non-hydrogen) atoms. The first-order valence-electron chi connectivity index (χ1n) is 11.4. The van der Waals surface area contributed by atoms with Gasteiger partial charge in [0, 0.05) is 16.5 Å². The molecule has 1 amide bonds. The van der Waals surface area contributed by atoms with Crippen LogP contribution in [-0.2, 0) is 9.53 Å². The van der Waals surface area contributed by atoms with Crippen molar-refractivity contribution in [2.24, 2.45) is 0 Å². The summed E-state index contributed by atoms with van der Waals surface area (Å²) >= 11 is 13.3. The number of ether oxygens (including phenoxy) is 1. The van der Waals surface area contributed by atoms with Crippen molar-refractivity contribution in [1.82, 2.24) is 15.0 Å². The summed E-state index contributed by atoms with van der Waals surface area (Å²) in [5, 5.41) is 5.78. The maximum atomic E-state index is 12.9. The second kappa shape index (κ2) is 10.7. The van der Waals surface area contributed by atoms with Crippen LogP contribution in [-0.4, -0.2) is 32.9 Å². The summed E-state index contributed by atoms with van der Waals surface area (Å²) in [5.41, 5.74) is 4.10. The van der Waals surface area contributed by atoms with Gasteiger partial charge in [0.05, 0.1) is 32.3 Å². The second-order valence-corrected chi connectivity index (χ2v) is 9.81. The number of esters is 1. The Balaban J connectivity index is 1.27. The predicted molar refractivity (Wildman–Crippen MR) is 147 cm³/mol. The van der Waals surface area contributed by atoms with Gasteiger partial charge in [0.1, 0.15) is 5.82 Å². The van der Waals surface area contributed by atoms with E-state index < -0.39 is 18.0 Å². The Kier molecular flexibility index (Phi) is 7.23. The minimum absolute atomic E-state index is 0.299. The van der Waals surface area contributed by atoms with Crippen LogP contribution >= 0.6 is 34.5 Å². The molecule has 5 rings (SSSR count). The molecular weight excluding hydrogens is 531 g/mol. The summed E-state index contributed by atoms with van der Waals surface area (Å²) in [6.45, 7) is 1.77. The van der Waals surface area contributed by atoms with Crippen molar-refractivity contribution in [2.45, 2.75) is 19.4 Å². The second-order valence-electron chi connectivity index (χ2n) is 8.14. The van der Waals surface area contributed by atoms with Crippen LogP contribution in [0, 0.1) is 0 Å². The summed E-state index contributed by atoms with van der Waals surface area (Å²) < 4.78 is 5.54. The highest BCUT2D eigenvalue weighted by molar-refractivity contribution is 7.14. The number of fused-ring (bicyclic) bond motifs is 1. The molecular formula is C27H20Cl2N4O3S. The first kappa shape index (κ1) is 25.0. The number of nitrogens with zero attached hydrogens (tertiary/aromatic N) is 2. The molecule has 10 heteroatoms. The molecule has 2 N–H and O–H groups in total. The lowest BCUT2D eigenvalue weighted by Gasteiger charge is -2.15. The van der Waals surface area contributed by atoms with E-state index in [-0.39, 0.29) is 0 Å². The number of hydrogen-bond acceptors (Lipinski definition) is 6. The van der Waals surface area contributed by atoms with Crippen molar-refractivity contribution in [3.63, 3.8) is 0 Å². The fraction of sp³-hybridized carbons (Fsp3) is 0.111. The SMILES string of the molecule is CCC(OC(=O)c1ccc2nc(-c3ccccc3)[nH]c2c1)C(=O)Nc1nc(-c2ccc(Cl)c(Cl)c2)cs1. The van der Waals surface area contributed by atoms with Crippen LogP contribution < -0.4 is 5.32 Å². The van der Waals surface area contributed by atoms with Gasteiger partial charge in [0.2, 0.25) is 0 Å². The van der Waals surface area contributed by atoms with Gasteiger partial charge in [-0.25, -0.2) is 14.8 Å². The molecule has 0 aliphatic rings. The minimum atomic E-state index is -0.984. The van der Waals surface area contributed by atoms with Crippen LogP contribution in [0.1, 0.15) is 23.7 Å². The van der Waals surface area contributed by atoms with Gasteiger partial charge in [-0.2, -0.15) is 0 Å². The number of halogens is 2. The smallest absolute Gasteiger partial charge is 0.338 e. The minimum Gasteiger partial charge on any atom is -0.449 e. The first-order chi connectivity index (χ1) is 17.9. The molecule has 0 aliphatic carbocycles. The van der Waals surface area contributed by atoms with Crippen LogP contribution in [0.15, 0.2) is 72.1 Å². The quantitative estimate of drug-likeness (QED) is 0.208. The molecule has 0 saturated carbocycles. The summed E-state index contributed by atoms with van der Waals surface area (Å²) in [6.07, 6.45) is -0.685. The van der Waals surface area contributed by atoms with E-state index in [0.717, 1.165) is 16.6 Å². The lowest BCUT2D eigenvalue weighted by Crippen LogP contribution is -2.32. The Morgan fingerprint density at radius 1 is 1.00 bits per heavy atom. The van der Waals surface area contributed by atoms with Crippen LogP contribution in [0.5, 0.6) is 0 Å². The molecule has 0 bridgehead atoms. The van der Waals surface area contributed by atoms with Crippen molar-refractivity contribution in [1.29, 1.82) is 0 Å². The molecule has 186 valence electrons. The maximum absolute atomic E-state index is 12.9. The van der Waals surface area contributed by atoms with Gasteiger partial charge in [-0.15, -0.1) is 11.3 Å². The summed E-state index contributed by atoms with van der Waals surface area (Å²) in [5.74, 6) is -0.356. The number of rotatable bonds is 7. The number of hydrogen-bond donors (Lipinski definition) is 2. The largest absolute Gasteiger partial charge is 0.449 e. The van der Waals surface area contributed by atoms with Gasteiger partial charge >= 0.3 is 5.97 Å². The number of amides is 1. The number of thiazole rings is 1. The van der Waals surface area contributed by atoms with Crippen molar-refractivity contribution in [2.75, 3.05) is 5.32 Å². The number of benzene rings is 3. The van der Waals surface area contributed by atoms with Gasteiger partial charge in [-0.1, -0.05) is 66.5 Å². The molecule has 0 spiro atoms. The van der Waals surface area contributed by atoms with E-state index in [2.05, 4.69) is 20.3 Å². The topological polar surface area (TPSA) is 97.0 Å². The summed E-state index contributed by atoms with van der Waals surface area (Å²) in [6, 6.07) is 19.9. The van der Waals surface area contributed by atoms with Gasteiger partial charge in [0.25, 0.3) is 5.91 Å². The fourth-order valence-electron chi connectivity index (χ4n) is 3.69. The van der Waals surface area contributed by atoms with E-state index >= 15 is 0 Å². The zero-order valence-corrected chi connectivity index (χ0v) is 21.8. The third-order valence-corrected chi connectivity index (χ3v) is 7.12. The van der Waals surface area contributed by atoms with Gasteiger partial charge in [0.15, 0.2) is 11.2 Å². The van der Waals surface area contributed by atoms with E-state index in [4.69, 9.17) is 27.9 Å². The van der Waals surface area contributed by atoms with Crippen molar-refractivity contribution < 1.29 is 14.3 Å². The average molecular weight is 551 g/mol. The monoisotopic (exact) mass is 550 g/mol. The highest BCUT2D eigenvalue weighted by atomic mass is 35.5. The number of aromatic nitrogens is 3. The van der Waals surface area contributed by atoms with Crippen molar-refractivity contribution in [3.05, 3.63) is 87.7 Å². The molecule has 0 saturated heterocycles. The van der Waals surface area contributed by atoms with Crippen molar-refractivity contribution >= 4 is 62.6 Å². The standard InChI is InChI=1S/C27H20Cl2N4O3S/c1-2-23(25(34)33-27-32-22(14-37-27)16-8-10-18(28)19(29)12-16)36-26(35)17-9-11-20-21(13-17)31-24(30-20)15-6-4-3-5-7-15/h3-14,23H,2H2,1H3,(H,30,31)(H,32,33,34). The van der Waals surface area contributed by atoms with Crippen LogP contribution in [0.2, 0.25) is 10.0 Å². The zero-order chi connectivity index (χ0) is 25.9. The first-order valence-corrected chi connectivity index (χ1v) is 13.0. The van der Waals surface area contributed by atoms with E-state index in [1.54, 1.807) is 48.7 Å². The molecule has 1 unspecified atom stereocenters. The molecule has 0 aliphatic heterocycles. The molecule has 2 aromatic heterocycles. The number of aromatic amines is 1. The van der Waals surface area contributed by atoms with E-state index in [1.807, 2.05) is 30.3 Å². The molecule has 1 atom stereocenters. The average Bonchev–Trinajstić information content (AvgIpc) is 3.56. The molecule has 0 radical (unpaired) electrons. The summed E-state index contributed by atoms with van der Waals surface area (Å²) in [4.78, 5) is 38.0. The number of imidazole rings is 1. The molecule has 0 fully saturated rings. The lowest BCUT2D eigenvalue weighted by atomic mass is 10.2. The highest BCUT2D eigenvalue weighted by Gasteiger charge is 2.23. The van der Waals surface area contributed by atoms with Gasteiger partial charge < -0.3 is 9.72 Å². The maximum Gasteiger partial charge on any atom is 0.338 e. The molecule has 5 aromatic rings.